The summed E-state index contributed by atoms with van der Waals surface area (Å²) in [6.07, 6.45) is 2.01. The largest absolute Gasteiger partial charge is 0.348 e. The molecule has 1 aromatic heterocycles. The van der Waals surface area contributed by atoms with E-state index in [2.05, 4.69) is 15.3 Å². The third-order valence-corrected chi connectivity index (χ3v) is 2.76. The van der Waals surface area contributed by atoms with E-state index < -0.39 is 5.69 Å². The fraction of sp³-hybridized carbons (Fsp3) is 0.250. The van der Waals surface area contributed by atoms with Gasteiger partial charge in [0.1, 0.15) is 5.69 Å². The number of hydrogen-bond acceptors (Lipinski definition) is 3. The van der Waals surface area contributed by atoms with Crippen molar-refractivity contribution >= 4 is 16.8 Å². The van der Waals surface area contributed by atoms with Crippen molar-refractivity contribution in [3.63, 3.8) is 0 Å². The number of nitrogens with one attached hydrogen (secondary N) is 2. The summed E-state index contributed by atoms with van der Waals surface area (Å²) in [5.74, 6) is -0.269. The summed E-state index contributed by atoms with van der Waals surface area (Å²) in [7, 11) is 0. The van der Waals surface area contributed by atoms with Crippen LogP contribution in [0.25, 0.3) is 10.9 Å². The van der Waals surface area contributed by atoms with Crippen molar-refractivity contribution in [2.24, 2.45) is 0 Å². The maximum absolute atomic E-state index is 11.9. The SMILES string of the molecule is O=C(NC1CC1)c1nc(=O)[nH]c2ccccc12. The Morgan fingerprint density at radius 2 is 2.12 bits per heavy atom. The summed E-state index contributed by atoms with van der Waals surface area (Å²) >= 11 is 0. The Morgan fingerprint density at radius 1 is 1.35 bits per heavy atom. The number of nitrogens with zero attached hydrogens (tertiary/aromatic N) is 1. The fourth-order valence-corrected chi connectivity index (χ4v) is 1.76. The third-order valence-electron chi connectivity index (χ3n) is 2.76. The topological polar surface area (TPSA) is 74.8 Å². The highest BCUT2D eigenvalue weighted by Crippen LogP contribution is 2.20. The molecule has 5 heteroatoms. The van der Waals surface area contributed by atoms with Crippen molar-refractivity contribution in [2.45, 2.75) is 18.9 Å². The molecule has 2 aromatic rings. The second kappa shape index (κ2) is 3.69. The average Bonchev–Trinajstić information content (AvgIpc) is 3.11. The summed E-state index contributed by atoms with van der Waals surface area (Å²) in [5, 5.41) is 3.51. The minimum Gasteiger partial charge on any atom is -0.348 e. The van der Waals surface area contributed by atoms with Crippen LogP contribution in [-0.4, -0.2) is 21.9 Å². The number of carbonyl (C=O) groups is 1. The van der Waals surface area contributed by atoms with Crippen LogP contribution in [0.3, 0.4) is 0 Å². The van der Waals surface area contributed by atoms with Crippen molar-refractivity contribution < 1.29 is 4.79 Å². The maximum Gasteiger partial charge on any atom is 0.346 e. The molecule has 1 aromatic carbocycles. The number of para-hydroxylation sites is 1. The molecule has 0 aliphatic heterocycles. The quantitative estimate of drug-likeness (QED) is 0.800. The molecule has 0 radical (unpaired) electrons. The molecule has 1 heterocycles. The molecule has 1 aliphatic carbocycles. The summed E-state index contributed by atoms with van der Waals surface area (Å²) in [6.45, 7) is 0. The number of carbonyl (C=O) groups excluding carboxylic acids is 1. The van der Waals surface area contributed by atoms with E-state index in [1.807, 2.05) is 6.07 Å². The van der Waals surface area contributed by atoms with E-state index in [1.54, 1.807) is 18.2 Å². The van der Waals surface area contributed by atoms with Gasteiger partial charge in [0.15, 0.2) is 0 Å². The number of aromatic nitrogens is 2. The van der Waals surface area contributed by atoms with E-state index in [1.165, 1.54) is 0 Å². The van der Waals surface area contributed by atoms with E-state index in [-0.39, 0.29) is 17.6 Å². The zero-order valence-electron chi connectivity index (χ0n) is 9.06. The molecule has 0 atom stereocenters. The first-order chi connectivity index (χ1) is 8.24. The molecule has 0 unspecified atom stereocenters. The Morgan fingerprint density at radius 3 is 2.88 bits per heavy atom. The Balaban J connectivity index is 2.12. The normalized spacial score (nSPS) is 14.8. The molecule has 17 heavy (non-hydrogen) atoms. The zero-order valence-corrected chi connectivity index (χ0v) is 9.06. The van der Waals surface area contributed by atoms with E-state index in [0.717, 1.165) is 12.8 Å². The lowest BCUT2D eigenvalue weighted by Gasteiger charge is -2.05. The number of benzene rings is 1. The zero-order chi connectivity index (χ0) is 11.8. The van der Waals surface area contributed by atoms with Crippen LogP contribution in [0.1, 0.15) is 23.3 Å². The van der Waals surface area contributed by atoms with Gasteiger partial charge in [-0.05, 0) is 18.9 Å². The van der Waals surface area contributed by atoms with Crippen molar-refractivity contribution in [1.29, 1.82) is 0 Å². The lowest BCUT2D eigenvalue weighted by atomic mass is 10.2. The van der Waals surface area contributed by atoms with Gasteiger partial charge < -0.3 is 10.3 Å². The van der Waals surface area contributed by atoms with Crippen LogP contribution in [-0.2, 0) is 0 Å². The highest BCUT2D eigenvalue weighted by molar-refractivity contribution is 6.04. The van der Waals surface area contributed by atoms with Crippen LogP contribution in [0, 0.1) is 0 Å². The van der Waals surface area contributed by atoms with Crippen molar-refractivity contribution in [3.05, 3.63) is 40.4 Å². The first kappa shape index (κ1) is 10.0. The van der Waals surface area contributed by atoms with E-state index >= 15 is 0 Å². The molecule has 2 N–H and O–H groups in total. The van der Waals surface area contributed by atoms with Crippen molar-refractivity contribution in [2.75, 3.05) is 0 Å². The van der Waals surface area contributed by atoms with Gasteiger partial charge in [0.25, 0.3) is 5.91 Å². The highest BCUT2D eigenvalue weighted by atomic mass is 16.2. The van der Waals surface area contributed by atoms with Gasteiger partial charge in [-0.3, -0.25) is 4.79 Å². The van der Waals surface area contributed by atoms with Gasteiger partial charge in [-0.2, -0.15) is 4.98 Å². The van der Waals surface area contributed by atoms with Gasteiger partial charge in [0.05, 0.1) is 5.52 Å². The third kappa shape index (κ3) is 1.91. The Labute approximate surface area is 96.9 Å². The van der Waals surface area contributed by atoms with Crippen LogP contribution in [0.2, 0.25) is 0 Å². The van der Waals surface area contributed by atoms with Gasteiger partial charge in [0.2, 0.25) is 0 Å². The number of aromatic amines is 1. The van der Waals surface area contributed by atoms with E-state index in [9.17, 15) is 9.59 Å². The van der Waals surface area contributed by atoms with Crippen LogP contribution >= 0.6 is 0 Å². The molecule has 1 aliphatic rings. The number of H-pyrrole nitrogens is 1. The van der Waals surface area contributed by atoms with Gasteiger partial charge in [-0.15, -0.1) is 0 Å². The predicted molar refractivity (Wildman–Crippen MR) is 62.9 cm³/mol. The van der Waals surface area contributed by atoms with E-state index in [4.69, 9.17) is 0 Å². The van der Waals surface area contributed by atoms with E-state index in [0.29, 0.717) is 10.9 Å². The lowest BCUT2D eigenvalue weighted by molar-refractivity contribution is 0.0947. The number of amides is 1. The number of hydrogen-bond donors (Lipinski definition) is 2. The number of rotatable bonds is 2. The van der Waals surface area contributed by atoms with Gasteiger partial charge in [-0.1, -0.05) is 18.2 Å². The molecule has 86 valence electrons. The smallest absolute Gasteiger partial charge is 0.346 e. The molecular weight excluding hydrogens is 218 g/mol. The molecule has 1 saturated carbocycles. The first-order valence-corrected chi connectivity index (χ1v) is 5.54. The molecule has 0 saturated heterocycles. The second-order valence-corrected chi connectivity index (χ2v) is 4.18. The summed E-state index contributed by atoms with van der Waals surface area (Å²) in [6, 6.07) is 7.41. The maximum atomic E-state index is 11.9. The number of fused-ring (bicyclic) bond motifs is 1. The predicted octanol–water partition coefficient (Wildman–Crippen LogP) is 0.815. The molecule has 0 bridgehead atoms. The summed E-state index contributed by atoms with van der Waals surface area (Å²) < 4.78 is 0. The Hall–Kier alpha value is -2.17. The second-order valence-electron chi connectivity index (χ2n) is 4.18. The average molecular weight is 229 g/mol. The Bertz CT molecular complexity index is 643. The lowest BCUT2D eigenvalue weighted by Crippen LogP contribution is -2.29. The molecule has 0 spiro atoms. The minimum atomic E-state index is -0.496. The molecule has 3 rings (SSSR count). The minimum absolute atomic E-state index is 0.205. The Kier molecular flexibility index (Phi) is 2.18. The molecular formula is C12H11N3O2. The fourth-order valence-electron chi connectivity index (χ4n) is 1.76. The molecule has 1 fully saturated rings. The summed E-state index contributed by atoms with van der Waals surface area (Å²) in [5.41, 5.74) is 0.342. The van der Waals surface area contributed by atoms with Crippen LogP contribution in [0.15, 0.2) is 29.1 Å². The molecule has 5 nitrogen and oxygen atoms in total. The standard InChI is InChI=1S/C12H11N3O2/c16-11(13-7-5-6-7)10-8-3-1-2-4-9(8)14-12(17)15-10/h1-4,7H,5-6H2,(H,13,16)(H,14,15,17). The monoisotopic (exact) mass is 229 g/mol. The first-order valence-electron chi connectivity index (χ1n) is 5.54. The van der Waals surface area contributed by atoms with Crippen LogP contribution < -0.4 is 11.0 Å². The highest BCUT2D eigenvalue weighted by Gasteiger charge is 2.25. The van der Waals surface area contributed by atoms with Crippen LogP contribution in [0.5, 0.6) is 0 Å². The molecule has 1 amide bonds. The summed E-state index contributed by atoms with van der Waals surface area (Å²) in [4.78, 5) is 29.7. The van der Waals surface area contributed by atoms with Crippen molar-refractivity contribution in [1.82, 2.24) is 15.3 Å². The van der Waals surface area contributed by atoms with Gasteiger partial charge in [0, 0.05) is 11.4 Å². The van der Waals surface area contributed by atoms with Crippen molar-refractivity contribution in [3.8, 4) is 0 Å². The van der Waals surface area contributed by atoms with Gasteiger partial charge in [-0.25, -0.2) is 4.79 Å². The van der Waals surface area contributed by atoms with Gasteiger partial charge >= 0.3 is 5.69 Å². The van der Waals surface area contributed by atoms with Crippen LogP contribution in [0.4, 0.5) is 0 Å².